The van der Waals surface area contributed by atoms with Gasteiger partial charge in [-0.15, -0.1) is 11.5 Å². The molecule has 62 valence electrons. The topological polar surface area (TPSA) is 20.2 Å². The zero-order chi connectivity index (χ0) is 8.91. The molecule has 0 aliphatic carbocycles. The lowest BCUT2D eigenvalue weighted by Crippen LogP contribution is -2.16. The van der Waals surface area contributed by atoms with Gasteiger partial charge in [0.05, 0.1) is 6.61 Å². The zero-order valence-corrected chi connectivity index (χ0v) is 8.57. The van der Waals surface area contributed by atoms with Gasteiger partial charge in [-0.05, 0) is 5.57 Å². The molecule has 0 heterocycles. The Kier molecular flexibility index (Phi) is 4.17. The molecule has 0 aromatic carbocycles. The monoisotopic (exact) mass is 168 g/mol. The van der Waals surface area contributed by atoms with Crippen LogP contribution in [0.25, 0.3) is 0 Å². The Hall–Kier alpha value is -0.523. The molecular weight excluding hydrogens is 152 g/mol. The first-order valence-electron chi connectivity index (χ1n) is 3.73. The van der Waals surface area contributed by atoms with Crippen LogP contribution in [0.2, 0.25) is 19.6 Å². The van der Waals surface area contributed by atoms with E-state index in [1.807, 2.05) is 0 Å². The standard InChI is InChI=1S/C9H16OSi/c1-9(8-10)6-5-7-11(2,3)4/h10H,1,6,8H2,2-4H3. The van der Waals surface area contributed by atoms with Crippen LogP contribution in [0.4, 0.5) is 0 Å². The first kappa shape index (κ1) is 10.5. The summed E-state index contributed by atoms with van der Waals surface area (Å²) in [6.45, 7) is 10.3. The highest BCUT2D eigenvalue weighted by molar-refractivity contribution is 6.83. The summed E-state index contributed by atoms with van der Waals surface area (Å²) < 4.78 is 0. The number of aliphatic hydroxyl groups excluding tert-OH is 1. The van der Waals surface area contributed by atoms with Gasteiger partial charge in [-0.2, -0.15) is 0 Å². The smallest absolute Gasteiger partial charge is 0.129 e. The lowest BCUT2D eigenvalue weighted by Gasteiger charge is -2.03. The van der Waals surface area contributed by atoms with Crippen molar-refractivity contribution in [1.29, 1.82) is 0 Å². The predicted molar refractivity (Wildman–Crippen MR) is 52.0 cm³/mol. The van der Waals surface area contributed by atoms with Crippen molar-refractivity contribution in [2.75, 3.05) is 6.61 Å². The lowest BCUT2D eigenvalue weighted by molar-refractivity contribution is 0.330. The van der Waals surface area contributed by atoms with Crippen LogP contribution in [-0.2, 0) is 0 Å². The van der Waals surface area contributed by atoms with E-state index in [2.05, 4.69) is 37.7 Å². The van der Waals surface area contributed by atoms with Gasteiger partial charge >= 0.3 is 0 Å². The van der Waals surface area contributed by atoms with E-state index in [9.17, 15) is 0 Å². The second-order valence-corrected chi connectivity index (χ2v) is 8.39. The van der Waals surface area contributed by atoms with Crippen molar-refractivity contribution in [2.45, 2.75) is 26.1 Å². The van der Waals surface area contributed by atoms with Crippen LogP contribution in [-0.4, -0.2) is 19.8 Å². The first-order chi connectivity index (χ1) is 4.95. The van der Waals surface area contributed by atoms with Crippen LogP contribution in [0, 0.1) is 11.5 Å². The summed E-state index contributed by atoms with van der Waals surface area (Å²) >= 11 is 0. The molecule has 0 fully saturated rings. The van der Waals surface area contributed by atoms with E-state index in [0.29, 0.717) is 6.42 Å². The highest BCUT2D eigenvalue weighted by atomic mass is 28.3. The molecule has 1 N–H and O–H groups in total. The molecule has 0 saturated carbocycles. The molecule has 1 nitrogen and oxygen atoms in total. The van der Waals surface area contributed by atoms with Gasteiger partial charge in [-0.1, -0.05) is 26.2 Å². The Bertz CT molecular complexity index is 190. The maximum absolute atomic E-state index is 8.61. The van der Waals surface area contributed by atoms with Crippen molar-refractivity contribution in [2.24, 2.45) is 0 Å². The summed E-state index contributed by atoms with van der Waals surface area (Å²) in [7, 11) is -1.22. The van der Waals surface area contributed by atoms with Crippen molar-refractivity contribution in [3.05, 3.63) is 12.2 Å². The molecule has 0 aliphatic rings. The minimum atomic E-state index is -1.22. The van der Waals surface area contributed by atoms with Gasteiger partial charge in [0.25, 0.3) is 0 Å². The maximum Gasteiger partial charge on any atom is 0.129 e. The Morgan fingerprint density at radius 2 is 2.00 bits per heavy atom. The van der Waals surface area contributed by atoms with Crippen LogP contribution in [0.5, 0.6) is 0 Å². The minimum Gasteiger partial charge on any atom is -0.392 e. The average molecular weight is 168 g/mol. The summed E-state index contributed by atoms with van der Waals surface area (Å²) in [6, 6.07) is 0. The fourth-order valence-corrected chi connectivity index (χ4v) is 1.11. The van der Waals surface area contributed by atoms with Crippen molar-refractivity contribution < 1.29 is 5.11 Å². The lowest BCUT2D eigenvalue weighted by atomic mass is 10.2. The molecule has 0 rings (SSSR count). The molecule has 0 aromatic heterocycles. The molecule has 0 spiro atoms. The number of aliphatic hydroxyl groups is 1. The van der Waals surface area contributed by atoms with E-state index >= 15 is 0 Å². The molecule has 0 amide bonds. The number of rotatable bonds is 2. The fourth-order valence-electron chi connectivity index (χ4n) is 0.490. The zero-order valence-electron chi connectivity index (χ0n) is 7.57. The average Bonchev–Trinajstić information content (AvgIpc) is 1.85. The Morgan fingerprint density at radius 3 is 2.36 bits per heavy atom. The van der Waals surface area contributed by atoms with Gasteiger partial charge in [0, 0.05) is 6.42 Å². The van der Waals surface area contributed by atoms with E-state index in [1.165, 1.54) is 0 Å². The molecule has 0 aromatic rings. The van der Waals surface area contributed by atoms with E-state index in [1.54, 1.807) is 0 Å². The van der Waals surface area contributed by atoms with Gasteiger partial charge < -0.3 is 5.11 Å². The molecule has 2 heteroatoms. The largest absolute Gasteiger partial charge is 0.392 e. The predicted octanol–water partition coefficient (Wildman–Crippen LogP) is 1.81. The van der Waals surface area contributed by atoms with Crippen LogP contribution in [0.15, 0.2) is 12.2 Å². The van der Waals surface area contributed by atoms with Crippen molar-refractivity contribution in [1.82, 2.24) is 0 Å². The third-order valence-electron chi connectivity index (χ3n) is 1.03. The maximum atomic E-state index is 8.61. The van der Waals surface area contributed by atoms with E-state index in [4.69, 9.17) is 5.11 Å². The second kappa shape index (κ2) is 4.37. The molecular formula is C9H16OSi. The summed E-state index contributed by atoms with van der Waals surface area (Å²) in [5.74, 6) is 3.03. The van der Waals surface area contributed by atoms with Gasteiger partial charge in [-0.3, -0.25) is 0 Å². The molecule has 0 unspecified atom stereocenters. The minimum absolute atomic E-state index is 0.0559. The molecule has 11 heavy (non-hydrogen) atoms. The quantitative estimate of drug-likeness (QED) is 0.379. The summed E-state index contributed by atoms with van der Waals surface area (Å²) in [5.41, 5.74) is 4.01. The SMILES string of the molecule is C=C(CO)CC#C[Si](C)(C)C. The van der Waals surface area contributed by atoms with Crippen molar-refractivity contribution in [3.63, 3.8) is 0 Å². The van der Waals surface area contributed by atoms with Crippen molar-refractivity contribution >= 4 is 8.07 Å². The first-order valence-corrected chi connectivity index (χ1v) is 7.23. The number of hydrogen-bond donors (Lipinski definition) is 1. The summed E-state index contributed by atoms with van der Waals surface area (Å²) in [5, 5.41) is 8.61. The fraction of sp³-hybridized carbons (Fsp3) is 0.556. The van der Waals surface area contributed by atoms with Crippen molar-refractivity contribution in [3.8, 4) is 11.5 Å². The summed E-state index contributed by atoms with van der Waals surface area (Å²) in [4.78, 5) is 0. The van der Waals surface area contributed by atoms with Gasteiger partial charge in [-0.25, -0.2) is 0 Å². The van der Waals surface area contributed by atoms with Crippen LogP contribution < -0.4 is 0 Å². The third kappa shape index (κ3) is 7.37. The molecule has 0 atom stereocenters. The van der Waals surface area contributed by atoms with Gasteiger partial charge in [0.1, 0.15) is 8.07 Å². The van der Waals surface area contributed by atoms with Gasteiger partial charge in [0.2, 0.25) is 0 Å². The second-order valence-electron chi connectivity index (χ2n) is 3.64. The molecule has 0 bridgehead atoms. The van der Waals surface area contributed by atoms with E-state index in [-0.39, 0.29) is 6.61 Å². The Labute approximate surface area is 70.1 Å². The highest BCUT2D eigenvalue weighted by Gasteiger charge is 2.06. The number of hydrogen-bond acceptors (Lipinski definition) is 1. The highest BCUT2D eigenvalue weighted by Crippen LogP contribution is 1.98. The van der Waals surface area contributed by atoms with Crippen LogP contribution in [0.1, 0.15) is 6.42 Å². The van der Waals surface area contributed by atoms with E-state index < -0.39 is 8.07 Å². The Morgan fingerprint density at radius 1 is 1.45 bits per heavy atom. The Balaban J connectivity index is 3.83. The molecule has 0 aliphatic heterocycles. The third-order valence-corrected chi connectivity index (χ3v) is 1.95. The molecule has 0 saturated heterocycles. The van der Waals surface area contributed by atoms with Crippen LogP contribution >= 0.6 is 0 Å². The molecule has 0 radical (unpaired) electrons. The van der Waals surface area contributed by atoms with Gasteiger partial charge in [0.15, 0.2) is 0 Å². The summed E-state index contributed by atoms with van der Waals surface area (Å²) in [6.07, 6.45) is 0.640. The van der Waals surface area contributed by atoms with Crippen LogP contribution in [0.3, 0.4) is 0 Å². The van der Waals surface area contributed by atoms with E-state index in [0.717, 1.165) is 5.57 Å². The normalized spacial score (nSPS) is 10.2.